The zero-order valence-corrected chi connectivity index (χ0v) is 22.7. The lowest BCUT2D eigenvalue weighted by molar-refractivity contribution is 0.670. The lowest BCUT2D eigenvalue weighted by Gasteiger charge is -2.09. The molecule has 0 atom stereocenters. The first-order chi connectivity index (χ1) is 20.3. The third-order valence-electron chi connectivity index (χ3n) is 8.05. The zero-order chi connectivity index (χ0) is 26.9. The van der Waals surface area contributed by atoms with Crippen LogP contribution in [-0.4, -0.2) is 9.55 Å². The van der Waals surface area contributed by atoms with Crippen LogP contribution < -0.4 is 0 Å². The summed E-state index contributed by atoms with van der Waals surface area (Å²) >= 11 is 1.73. The summed E-state index contributed by atoms with van der Waals surface area (Å²) in [4.78, 5) is 4.85. The highest BCUT2D eigenvalue weighted by Gasteiger charge is 2.16. The second kappa shape index (κ2) is 8.65. The second-order valence-corrected chi connectivity index (χ2v) is 11.4. The molecule has 9 rings (SSSR count). The molecule has 0 spiro atoms. The van der Waals surface area contributed by atoms with E-state index in [0.717, 1.165) is 54.8 Å². The van der Waals surface area contributed by atoms with Crippen LogP contribution in [0.4, 0.5) is 0 Å². The molecule has 0 fully saturated rings. The Morgan fingerprint density at radius 1 is 0.561 bits per heavy atom. The fourth-order valence-electron chi connectivity index (χ4n) is 6.14. The topological polar surface area (TPSA) is 31.0 Å². The molecule has 0 saturated heterocycles. The molecule has 6 aromatic carbocycles. The Hall–Kier alpha value is -5.19. The van der Waals surface area contributed by atoms with E-state index in [2.05, 4.69) is 120 Å². The number of fused-ring (bicyclic) bond motifs is 7. The molecule has 0 aliphatic heterocycles. The molecule has 3 aromatic heterocycles. The van der Waals surface area contributed by atoms with Crippen LogP contribution in [0.25, 0.3) is 81.3 Å². The van der Waals surface area contributed by atoms with E-state index in [9.17, 15) is 0 Å². The summed E-state index contributed by atoms with van der Waals surface area (Å²) in [5.74, 6) is 0. The average Bonchev–Trinajstić information content (AvgIpc) is 3.72. The molecule has 41 heavy (non-hydrogen) atoms. The molecule has 0 amide bonds. The number of benzene rings is 6. The predicted molar refractivity (Wildman–Crippen MR) is 172 cm³/mol. The first kappa shape index (κ1) is 22.6. The van der Waals surface area contributed by atoms with Gasteiger partial charge in [0.1, 0.15) is 16.2 Å². The lowest BCUT2D eigenvalue weighted by atomic mass is 10.0. The van der Waals surface area contributed by atoms with E-state index >= 15 is 0 Å². The van der Waals surface area contributed by atoms with Gasteiger partial charge in [-0.05, 0) is 66.2 Å². The van der Waals surface area contributed by atoms with Gasteiger partial charge in [-0.3, -0.25) is 0 Å². The van der Waals surface area contributed by atoms with E-state index in [1.54, 1.807) is 11.3 Å². The summed E-state index contributed by atoms with van der Waals surface area (Å²) in [6.45, 7) is 0. The number of furan rings is 1. The van der Waals surface area contributed by atoms with Crippen molar-refractivity contribution >= 4 is 65.3 Å². The minimum absolute atomic E-state index is 0.918. The van der Waals surface area contributed by atoms with Gasteiger partial charge in [0, 0.05) is 38.4 Å². The number of aromatic nitrogens is 2. The van der Waals surface area contributed by atoms with Gasteiger partial charge in [-0.25, -0.2) is 4.98 Å². The van der Waals surface area contributed by atoms with Gasteiger partial charge in [0.05, 0.1) is 21.3 Å². The van der Waals surface area contributed by atoms with Crippen molar-refractivity contribution in [3.63, 3.8) is 0 Å². The maximum atomic E-state index is 6.37. The molecule has 3 heterocycles. The van der Waals surface area contributed by atoms with Crippen LogP contribution in [0.2, 0.25) is 0 Å². The van der Waals surface area contributed by atoms with E-state index in [-0.39, 0.29) is 0 Å². The van der Waals surface area contributed by atoms with Crippen LogP contribution in [0.15, 0.2) is 138 Å². The molecule has 0 unspecified atom stereocenters. The fourth-order valence-corrected chi connectivity index (χ4v) is 7.11. The van der Waals surface area contributed by atoms with Gasteiger partial charge in [0.2, 0.25) is 0 Å². The minimum atomic E-state index is 0.918. The van der Waals surface area contributed by atoms with E-state index in [4.69, 9.17) is 9.40 Å². The van der Waals surface area contributed by atoms with Crippen molar-refractivity contribution in [3.8, 4) is 27.4 Å². The fraction of sp³-hybridized carbons (Fsp3) is 0. The summed E-state index contributed by atoms with van der Waals surface area (Å²) < 4.78 is 9.94. The van der Waals surface area contributed by atoms with Gasteiger partial charge in [-0.15, -0.1) is 11.3 Å². The Balaban J connectivity index is 1.20. The molecule has 4 heteroatoms. The molecule has 3 nitrogen and oxygen atoms in total. The highest BCUT2D eigenvalue weighted by Crippen LogP contribution is 2.39. The zero-order valence-electron chi connectivity index (χ0n) is 21.9. The SMILES string of the molecule is c1ccc2sc(-c3ccc(-n4c5ccccc5c5cc(-c6cccc7c6oc6ccccc67)ccc54)cc3)nc2c1. The monoisotopic (exact) mass is 542 g/mol. The normalized spacial score (nSPS) is 11.9. The van der Waals surface area contributed by atoms with Crippen molar-refractivity contribution in [1.82, 2.24) is 9.55 Å². The van der Waals surface area contributed by atoms with Gasteiger partial charge >= 0.3 is 0 Å². The number of hydrogen-bond donors (Lipinski definition) is 0. The third kappa shape index (κ3) is 3.41. The molecule has 0 N–H and O–H groups in total. The largest absolute Gasteiger partial charge is 0.455 e. The van der Waals surface area contributed by atoms with E-state index < -0.39 is 0 Å². The number of rotatable bonds is 3. The average molecular weight is 543 g/mol. The summed E-state index contributed by atoms with van der Waals surface area (Å²) in [5.41, 5.74) is 9.80. The Labute approximate surface area is 239 Å². The van der Waals surface area contributed by atoms with Crippen LogP contribution in [0.3, 0.4) is 0 Å². The van der Waals surface area contributed by atoms with Crippen LogP contribution >= 0.6 is 11.3 Å². The first-order valence-electron chi connectivity index (χ1n) is 13.7. The smallest absolute Gasteiger partial charge is 0.143 e. The van der Waals surface area contributed by atoms with Crippen LogP contribution in [0, 0.1) is 0 Å². The number of thiazole rings is 1. The van der Waals surface area contributed by atoms with E-state index in [1.807, 2.05) is 18.2 Å². The standard InChI is InChI=1S/C37H22N2OS/c1-4-13-32-27(8-1)30-22-24(26-10-7-11-29-28-9-2-5-14-34(28)40-36(26)29)18-21-33(30)39(32)25-19-16-23(17-20-25)37-38-31-12-3-6-15-35(31)41-37/h1-22H. The molecule has 0 saturated carbocycles. The van der Waals surface area contributed by atoms with Gasteiger partial charge < -0.3 is 8.98 Å². The number of nitrogens with zero attached hydrogens (tertiary/aromatic N) is 2. The minimum Gasteiger partial charge on any atom is -0.455 e. The summed E-state index contributed by atoms with van der Waals surface area (Å²) in [6.07, 6.45) is 0. The van der Waals surface area contributed by atoms with Crippen LogP contribution in [0.1, 0.15) is 0 Å². The van der Waals surface area contributed by atoms with Crippen LogP contribution in [0.5, 0.6) is 0 Å². The number of para-hydroxylation sites is 4. The van der Waals surface area contributed by atoms with Crippen molar-refractivity contribution < 1.29 is 4.42 Å². The second-order valence-electron chi connectivity index (χ2n) is 10.4. The molecular weight excluding hydrogens is 520 g/mol. The van der Waals surface area contributed by atoms with Gasteiger partial charge in [0.25, 0.3) is 0 Å². The van der Waals surface area contributed by atoms with Crippen LogP contribution in [-0.2, 0) is 0 Å². The number of hydrogen-bond acceptors (Lipinski definition) is 3. The molecular formula is C37H22N2OS. The van der Waals surface area contributed by atoms with Gasteiger partial charge in [-0.1, -0.05) is 72.8 Å². The summed E-state index contributed by atoms with van der Waals surface area (Å²) in [7, 11) is 0. The van der Waals surface area contributed by atoms with E-state index in [1.165, 1.54) is 26.5 Å². The van der Waals surface area contributed by atoms with Gasteiger partial charge in [-0.2, -0.15) is 0 Å². The first-order valence-corrected chi connectivity index (χ1v) is 14.5. The van der Waals surface area contributed by atoms with Gasteiger partial charge in [0.15, 0.2) is 0 Å². The quantitative estimate of drug-likeness (QED) is 0.222. The van der Waals surface area contributed by atoms with E-state index in [0.29, 0.717) is 0 Å². The molecule has 0 radical (unpaired) electrons. The molecule has 192 valence electrons. The van der Waals surface area contributed by atoms with Crippen molar-refractivity contribution in [3.05, 3.63) is 133 Å². The Morgan fingerprint density at radius 3 is 2.20 bits per heavy atom. The Kier molecular flexibility index (Phi) is 4.77. The lowest BCUT2D eigenvalue weighted by Crippen LogP contribution is -1.93. The van der Waals surface area contributed by atoms with Crippen molar-refractivity contribution in [2.45, 2.75) is 0 Å². The Bertz CT molecular complexity index is 2390. The Morgan fingerprint density at radius 2 is 1.29 bits per heavy atom. The van der Waals surface area contributed by atoms with Crippen molar-refractivity contribution in [2.75, 3.05) is 0 Å². The summed E-state index contributed by atoms with van der Waals surface area (Å²) in [5, 5.41) is 5.80. The molecule has 0 aliphatic rings. The predicted octanol–water partition coefficient (Wildman–Crippen LogP) is 10.6. The third-order valence-corrected chi connectivity index (χ3v) is 9.14. The molecule has 0 bridgehead atoms. The highest BCUT2D eigenvalue weighted by atomic mass is 32.1. The summed E-state index contributed by atoms with van der Waals surface area (Å²) in [6, 6.07) is 47.2. The maximum absolute atomic E-state index is 6.37. The maximum Gasteiger partial charge on any atom is 0.143 e. The molecule has 9 aromatic rings. The van der Waals surface area contributed by atoms with Crippen molar-refractivity contribution in [2.24, 2.45) is 0 Å². The van der Waals surface area contributed by atoms with Crippen molar-refractivity contribution in [1.29, 1.82) is 0 Å². The molecule has 0 aliphatic carbocycles. The highest BCUT2D eigenvalue weighted by molar-refractivity contribution is 7.21.